The maximum Gasteiger partial charge on any atom is 0.0438 e. The van der Waals surface area contributed by atoms with Gasteiger partial charge in [-0.3, -0.25) is 0 Å². The van der Waals surface area contributed by atoms with Crippen molar-refractivity contribution in [2.24, 2.45) is 11.7 Å². The lowest BCUT2D eigenvalue weighted by atomic mass is 10.0. The third-order valence-corrected chi connectivity index (χ3v) is 3.90. The van der Waals surface area contributed by atoms with Crippen LogP contribution in [0, 0.1) is 5.92 Å². The fraction of sp³-hybridized carbons (Fsp3) is 1.00. The van der Waals surface area contributed by atoms with Crippen LogP contribution in [-0.4, -0.2) is 29.3 Å². The largest absolute Gasteiger partial charge is 0.396 e. The smallest absolute Gasteiger partial charge is 0.0438 e. The van der Waals surface area contributed by atoms with Crippen LogP contribution in [0.5, 0.6) is 0 Å². The molecule has 0 saturated heterocycles. The summed E-state index contributed by atoms with van der Waals surface area (Å²) in [7, 11) is 0. The molecule has 1 aliphatic rings. The van der Waals surface area contributed by atoms with Crippen molar-refractivity contribution in [3.05, 3.63) is 0 Å². The van der Waals surface area contributed by atoms with E-state index in [0.29, 0.717) is 12.6 Å². The SMILES string of the molecule is NC1CCCC1CCSCCCO. The second-order valence-corrected chi connectivity index (χ2v) is 5.06. The average molecular weight is 203 g/mol. The van der Waals surface area contributed by atoms with Gasteiger partial charge in [-0.1, -0.05) is 6.42 Å². The molecule has 1 rings (SSSR count). The third-order valence-electron chi connectivity index (χ3n) is 2.80. The van der Waals surface area contributed by atoms with E-state index in [4.69, 9.17) is 10.8 Å². The molecule has 0 heterocycles. The van der Waals surface area contributed by atoms with Crippen LogP contribution in [-0.2, 0) is 0 Å². The molecule has 0 amide bonds. The van der Waals surface area contributed by atoms with E-state index in [2.05, 4.69) is 0 Å². The van der Waals surface area contributed by atoms with Gasteiger partial charge in [-0.25, -0.2) is 0 Å². The molecule has 0 spiro atoms. The van der Waals surface area contributed by atoms with Gasteiger partial charge in [0.1, 0.15) is 0 Å². The molecule has 0 aromatic heterocycles. The van der Waals surface area contributed by atoms with Gasteiger partial charge in [0.05, 0.1) is 0 Å². The van der Waals surface area contributed by atoms with E-state index >= 15 is 0 Å². The van der Waals surface area contributed by atoms with Gasteiger partial charge in [-0.05, 0) is 43.1 Å². The first-order valence-corrected chi connectivity index (χ1v) is 6.44. The minimum Gasteiger partial charge on any atom is -0.396 e. The molecule has 0 radical (unpaired) electrons. The van der Waals surface area contributed by atoms with Crippen molar-refractivity contribution in [2.45, 2.75) is 38.1 Å². The van der Waals surface area contributed by atoms with Gasteiger partial charge < -0.3 is 10.8 Å². The zero-order valence-corrected chi connectivity index (χ0v) is 9.06. The summed E-state index contributed by atoms with van der Waals surface area (Å²) in [4.78, 5) is 0. The van der Waals surface area contributed by atoms with Crippen molar-refractivity contribution in [1.29, 1.82) is 0 Å². The van der Waals surface area contributed by atoms with Crippen LogP contribution in [0.15, 0.2) is 0 Å². The van der Waals surface area contributed by atoms with Crippen molar-refractivity contribution < 1.29 is 5.11 Å². The highest BCUT2D eigenvalue weighted by atomic mass is 32.2. The van der Waals surface area contributed by atoms with Crippen molar-refractivity contribution >= 4 is 11.8 Å². The zero-order chi connectivity index (χ0) is 9.52. The minimum absolute atomic E-state index is 0.329. The van der Waals surface area contributed by atoms with Crippen LogP contribution < -0.4 is 5.73 Å². The van der Waals surface area contributed by atoms with E-state index in [-0.39, 0.29) is 0 Å². The molecule has 1 saturated carbocycles. The first-order chi connectivity index (χ1) is 6.34. The van der Waals surface area contributed by atoms with E-state index in [0.717, 1.165) is 18.1 Å². The summed E-state index contributed by atoms with van der Waals surface area (Å²) in [6.07, 6.45) is 6.10. The fourth-order valence-electron chi connectivity index (χ4n) is 1.93. The van der Waals surface area contributed by atoms with Gasteiger partial charge in [0.15, 0.2) is 0 Å². The molecule has 0 aliphatic heterocycles. The number of aliphatic hydroxyl groups excluding tert-OH is 1. The molecule has 0 aromatic rings. The van der Waals surface area contributed by atoms with Gasteiger partial charge >= 0.3 is 0 Å². The number of hydrogen-bond acceptors (Lipinski definition) is 3. The van der Waals surface area contributed by atoms with Crippen LogP contribution in [0.1, 0.15) is 32.1 Å². The summed E-state index contributed by atoms with van der Waals surface area (Å²) < 4.78 is 0. The van der Waals surface area contributed by atoms with E-state index in [9.17, 15) is 0 Å². The number of thioether (sulfide) groups is 1. The molecule has 0 bridgehead atoms. The quantitative estimate of drug-likeness (QED) is 0.645. The Bertz CT molecular complexity index is 132. The molecule has 0 aromatic carbocycles. The van der Waals surface area contributed by atoms with Gasteiger partial charge in [-0.2, -0.15) is 11.8 Å². The van der Waals surface area contributed by atoms with Gasteiger partial charge in [0.25, 0.3) is 0 Å². The molecular weight excluding hydrogens is 182 g/mol. The zero-order valence-electron chi connectivity index (χ0n) is 8.24. The average Bonchev–Trinajstić information content (AvgIpc) is 2.52. The minimum atomic E-state index is 0.329. The second-order valence-electron chi connectivity index (χ2n) is 3.83. The maximum atomic E-state index is 8.59. The number of rotatable bonds is 6. The standard InChI is InChI=1S/C10H21NOS/c11-10-4-1-3-9(10)5-8-13-7-2-6-12/h9-10,12H,1-8,11H2. The lowest BCUT2D eigenvalue weighted by molar-refractivity contribution is 0.296. The van der Waals surface area contributed by atoms with Gasteiger partial charge in [-0.15, -0.1) is 0 Å². The Hall–Kier alpha value is 0.270. The number of hydrogen-bond donors (Lipinski definition) is 2. The Kier molecular flexibility index (Phi) is 5.83. The highest BCUT2D eigenvalue weighted by Gasteiger charge is 2.22. The number of aliphatic hydroxyl groups is 1. The normalized spacial score (nSPS) is 28.2. The van der Waals surface area contributed by atoms with Crippen LogP contribution in [0.3, 0.4) is 0 Å². The van der Waals surface area contributed by atoms with Crippen molar-refractivity contribution in [1.82, 2.24) is 0 Å². The molecule has 78 valence electrons. The summed E-state index contributed by atoms with van der Waals surface area (Å²) in [5.74, 6) is 3.10. The Labute approximate surface area is 85.3 Å². The van der Waals surface area contributed by atoms with E-state index in [1.54, 1.807) is 0 Å². The lowest BCUT2D eigenvalue weighted by Gasteiger charge is -2.14. The molecule has 3 N–H and O–H groups in total. The Balaban J connectivity index is 1.93. The summed E-state index contributed by atoms with van der Waals surface area (Å²) in [6.45, 7) is 0.329. The van der Waals surface area contributed by atoms with Crippen LogP contribution in [0.2, 0.25) is 0 Å². The molecule has 1 fully saturated rings. The van der Waals surface area contributed by atoms with E-state index < -0.39 is 0 Å². The topological polar surface area (TPSA) is 46.2 Å². The first kappa shape index (κ1) is 11.3. The predicted molar refractivity (Wildman–Crippen MR) is 59.0 cm³/mol. The summed E-state index contributed by atoms with van der Waals surface area (Å²) in [5.41, 5.74) is 5.97. The highest BCUT2D eigenvalue weighted by molar-refractivity contribution is 7.99. The van der Waals surface area contributed by atoms with E-state index in [1.165, 1.54) is 31.4 Å². The Morgan fingerprint density at radius 2 is 2.15 bits per heavy atom. The van der Waals surface area contributed by atoms with Crippen molar-refractivity contribution in [3.8, 4) is 0 Å². The molecule has 2 unspecified atom stereocenters. The predicted octanol–water partition coefficient (Wildman–Crippen LogP) is 1.62. The molecule has 3 heteroatoms. The number of nitrogens with two attached hydrogens (primary N) is 1. The molecule has 2 atom stereocenters. The maximum absolute atomic E-state index is 8.59. The molecule has 1 aliphatic carbocycles. The van der Waals surface area contributed by atoms with Gasteiger partial charge in [0, 0.05) is 12.6 Å². The first-order valence-electron chi connectivity index (χ1n) is 5.28. The van der Waals surface area contributed by atoms with Crippen molar-refractivity contribution in [2.75, 3.05) is 18.1 Å². The summed E-state index contributed by atoms with van der Waals surface area (Å²) in [6, 6.07) is 0.471. The highest BCUT2D eigenvalue weighted by Crippen LogP contribution is 2.27. The van der Waals surface area contributed by atoms with Crippen LogP contribution in [0.4, 0.5) is 0 Å². The van der Waals surface area contributed by atoms with Crippen LogP contribution in [0.25, 0.3) is 0 Å². The van der Waals surface area contributed by atoms with Crippen molar-refractivity contribution in [3.63, 3.8) is 0 Å². The van der Waals surface area contributed by atoms with Gasteiger partial charge in [0.2, 0.25) is 0 Å². The summed E-state index contributed by atoms with van der Waals surface area (Å²) in [5, 5.41) is 8.59. The Morgan fingerprint density at radius 3 is 2.77 bits per heavy atom. The third kappa shape index (κ3) is 4.34. The Morgan fingerprint density at radius 1 is 1.31 bits per heavy atom. The molecular formula is C10H21NOS. The van der Waals surface area contributed by atoms with Crippen LogP contribution >= 0.6 is 11.8 Å². The fourth-order valence-corrected chi connectivity index (χ4v) is 2.93. The summed E-state index contributed by atoms with van der Waals surface area (Å²) >= 11 is 1.95. The monoisotopic (exact) mass is 203 g/mol. The second kappa shape index (κ2) is 6.68. The molecule has 13 heavy (non-hydrogen) atoms. The molecule has 2 nitrogen and oxygen atoms in total. The lowest BCUT2D eigenvalue weighted by Crippen LogP contribution is -2.24. The van der Waals surface area contributed by atoms with E-state index in [1.807, 2.05) is 11.8 Å².